The lowest BCUT2D eigenvalue weighted by atomic mass is 10.2. The van der Waals surface area contributed by atoms with E-state index in [9.17, 15) is 9.90 Å². The number of nitriles is 1. The number of aryl methyl sites for hydroxylation is 1. The van der Waals surface area contributed by atoms with Crippen LogP contribution in [-0.2, 0) is 4.79 Å². The van der Waals surface area contributed by atoms with Crippen LogP contribution in [0.3, 0.4) is 0 Å². The molecular formula is C13H17N3O2S. The minimum atomic E-state index is -0.325. The first-order valence-corrected chi connectivity index (χ1v) is 7.03. The average molecular weight is 279 g/mol. The molecule has 1 aliphatic rings. The maximum atomic E-state index is 11.9. The van der Waals surface area contributed by atoms with E-state index in [1.807, 2.05) is 18.7 Å². The Hall–Kier alpha value is -1.42. The summed E-state index contributed by atoms with van der Waals surface area (Å²) in [5, 5.41) is 21.9. The van der Waals surface area contributed by atoms with Crippen LogP contribution >= 0.6 is 11.3 Å². The van der Waals surface area contributed by atoms with Gasteiger partial charge in [-0.25, -0.2) is 0 Å². The fourth-order valence-corrected chi connectivity index (χ4v) is 3.20. The summed E-state index contributed by atoms with van der Waals surface area (Å²) in [6.07, 6.45) is 0.391. The van der Waals surface area contributed by atoms with E-state index in [0.29, 0.717) is 23.5 Å². The maximum absolute atomic E-state index is 11.9. The highest BCUT2D eigenvalue weighted by atomic mass is 32.1. The smallest absolute Gasteiger partial charge is 0.239 e. The Morgan fingerprint density at radius 2 is 2.37 bits per heavy atom. The fraction of sp³-hybridized carbons (Fsp3) is 0.538. The highest BCUT2D eigenvalue weighted by Crippen LogP contribution is 2.31. The molecule has 6 heteroatoms. The fourth-order valence-electron chi connectivity index (χ4n) is 2.17. The molecule has 19 heavy (non-hydrogen) atoms. The number of nitrogens with zero attached hydrogens (tertiary/aromatic N) is 2. The second kappa shape index (κ2) is 5.70. The van der Waals surface area contributed by atoms with Gasteiger partial charge in [-0.1, -0.05) is 0 Å². The van der Waals surface area contributed by atoms with E-state index >= 15 is 0 Å². The zero-order chi connectivity index (χ0) is 14.0. The van der Waals surface area contributed by atoms with E-state index in [4.69, 9.17) is 5.26 Å². The van der Waals surface area contributed by atoms with Gasteiger partial charge in [0.2, 0.25) is 5.91 Å². The van der Waals surface area contributed by atoms with Crippen molar-refractivity contribution >= 4 is 22.2 Å². The number of likely N-dealkylation sites (tertiary alicyclic amines) is 1. The van der Waals surface area contributed by atoms with Crippen LogP contribution in [0.15, 0.2) is 0 Å². The second-order valence-electron chi connectivity index (χ2n) is 4.82. The van der Waals surface area contributed by atoms with E-state index in [1.165, 1.54) is 11.3 Å². The van der Waals surface area contributed by atoms with Crippen LogP contribution in [-0.4, -0.2) is 41.7 Å². The van der Waals surface area contributed by atoms with E-state index < -0.39 is 0 Å². The Morgan fingerprint density at radius 1 is 1.63 bits per heavy atom. The number of carbonyl (C=O) groups is 1. The lowest BCUT2D eigenvalue weighted by molar-refractivity contribution is -0.117. The number of nitrogens with one attached hydrogen (secondary N) is 1. The number of aliphatic hydroxyl groups is 1. The van der Waals surface area contributed by atoms with Gasteiger partial charge in [0.1, 0.15) is 11.1 Å². The van der Waals surface area contributed by atoms with Crippen LogP contribution in [0, 0.1) is 25.2 Å². The number of hydrogen-bond donors (Lipinski definition) is 2. The Kier molecular flexibility index (Phi) is 4.20. The SMILES string of the molecule is Cc1sc(NC(=O)CN2CCC(O)C2)c(C#N)c1C. The highest BCUT2D eigenvalue weighted by Gasteiger charge is 2.23. The molecule has 0 bridgehead atoms. The molecule has 1 unspecified atom stereocenters. The van der Waals surface area contributed by atoms with Crippen LogP contribution < -0.4 is 5.32 Å². The van der Waals surface area contributed by atoms with Crippen molar-refractivity contribution in [2.75, 3.05) is 25.0 Å². The molecule has 5 nitrogen and oxygen atoms in total. The Bertz CT molecular complexity index is 533. The van der Waals surface area contributed by atoms with Crippen LogP contribution in [0.25, 0.3) is 0 Å². The van der Waals surface area contributed by atoms with Crippen LogP contribution in [0.2, 0.25) is 0 Å². The molecule has 1 aromatic heterocycles. The Balaban J connectivity index is 2.00. The Morgan fingerprint density at radius 3 is 2.95 bits per heavy atom. The van der Waals surface area contributed by atoms with Gasteiger partial charge in [-0.3, -0.25) is 9.69 Å². The van der Waals surface area contributed by atoms with Gasteiger partial charge in [-0.15, -0.1) is 11.3 Å². The molecule has 1 atom stereocenters. The Labute approximate surface area is 116 Å². The molecule has 102 valence electrons. The molecule has 2 N–H and O–H groups in total. The lowest BCUT2D eigenvalue weighted by Gasteiger charge is -2.13. The van der Waals surface area contributed by atoms with Crippen molar-refractivity contribution < 1.29 is 9.90 Å². The molecule has 0 spiro atoms. The van der Waals surface area contributed by atoms with Crippen molar-refractivity contribution in [2.45, 2.75) is 26.4 Å². The van der Waals surface area contributed by atoms with Crippen molar-refractivity contribution in [3.8, 4) is 6.07 Å². The number of carbonyl (C=O) groups excluding carboxylic acids is 1. The van der Waals surface area contributed by atoms with Crippen LogP contribution in [0.4, 0.5) is 5.00 Å². The predicted octanol–water partition coefficient (Wildman–Crippen LogP) is 1.24. The van der Waals surface area contributed by atoms with Crippen molar-refractivity contribution in [2.24, 2.45) is 0 Å². The number of amides is 1. The summed E-state index contributed by atoms with van der Waals surface area (Å²) in [6, 6.07) is 2.13. The number of β-amino-alcohol motifs (C(OH)–C–C–N with tert-alkyl or cyclic N) is 1. The molecule has 1 saturated heterocycles. The van der Waals surface area contributed by atoms with E-state index in [-0.39, 0.29) is 18.6 Å². The number of thiophene rings is 1. The molecule has 0 radical (unpaired) electrons. The molecule has 0 aliphatic carbocycles. The second-order valence-corrected chi connectivity index (χ2v) is 6.05. The summed E-state index contributed by atoms with van der Waals surface area (Å²) in [5.74, 6) is -0.133. The largest absolute Gasteiger partial charge is 0.392 e. The summed E-state index contributed by atoms with van der Waals surface area (Å²) in [7, 11) is 0. The zero-order valence-corrected chi connectivity index (χ0v) is 11.9. The summed E-state index contributed by atoms with van der Waals surface area (Å²) in [6.45, 7) is 5.37. The zero-order valence-electron chi connectivity index (χ0n) is 11.1. The number of rotatable bonds is 3. The first-order chi connectivity index (χ1) is 9.01. The molecule has 1 aromatic rings. The standard InChI is InChI=1S/C13H17N3O2S/c1-8-9(2)19-13(11(8)5-14)15-12(18)7-16-4-3-10(17)6-16/h10,17H,3-4,6-7H2,1-2H3,(H,15,18). The third-order valence-corrected chi connectivity index (χ3v) is 4.49. The third-order valence-electron chi connectivity index (χ3n) is 3.36. The molecular weight excluding hydrogens is 262 g/mol. The first kappa shape index (κ1) is 14.0. The number of hydrogen-bond acceptors (Lipinski definition) is 5. The topological polar surface area (TPSA) is 76.4 Å². The van der Waals surface area contributed by atoms with Crippen LogP contribution in [0.5, 0.6) is 0 Å². The van der Waals surface area contributed by atoms with E-state index in [1.54, 1.807) is 0 Å². The normalized spacial score (nSPS) is 19.4. The van der Waals surface area contributed by atoms with Crippen molar-refractivity contribution in [1.82, 2.24) is 4.90 Å². The number of anilines is 1. The monoisotopic (exact) mass is 279 g/mol. The molecule has 1 fully saturated rings. The molecule has 2 heterocycles. The maximum Gasteiger partial charge on any atom is 0.239 e. The molecule has 2 rings (SSSR count). The minimum absolute atomic E-state index is 0.133. The summed E-state index contributed by atoms with van der Waals surface area (Å²) in [5.41, 5.74) is 1.48. The van der Waals surface area contributed by atoms with Crippen molar-refractivity contribution in [3.05, 3.63) is 16.0 Å². The third kappa shape index (κ3) is 3.13. The quantitative estimate of drug-likeness (QED) is 0.873. The molecule has 0 aromatic carbocycles. The van der Waals surface area contributed by atoms with Gasteiger partial charge in [0, 0.05) is 18.0 Å². The van der Waals surface area contributed by atoms with Gasteiger partial charge in [0.15, 0.2) is 0 Å². The van der Waals surface area contributed by atoms with Gasteiger partial charge in [0.05, 0.1) is 18.2 Å². The number of aliphatic hydroxyl groups excluding tert-OH is 1. The van der Waals surface area contributed by atoms with Crippen LogP contribution in [0.1, 0.15) is 22.4 Å². The van der Waals surface area contributed by atoms with Gasteiger partial charge in [-0.2, -0.15) is 5.26 Å². The van der Waals surface area contributed by atoms with Crippen molar-refractivity contribution in [1.29, 1.82) is 5.26 Å². The molecule has 1 aliphatic heterocycles. The van der Waals surface area contributed by atoms with E-state index in [0.717, 1.165) is 17.0 Å². The van der Waals surface area contributed by atoms with Gasteiger partial charge in [-0.05, 0) is 25.8 Å². The van der Waals surface area contributed by atoms with Gasteiger partial charge in [0.25, 0.3) is 0 Å². The summed E-state index contributed by atoms with van der Waals surface area (Å²) >= 11 is 1.43. The minimum Gasteiger partial charge on any atom is -0.392 e. The van der Waals surface area contributed by atoms with Gasteiger partial charge < -0.3 is 10.4 Å². The predicted molar refractivity (Wildman–Crippen MR) is 74.2 cm³/mol. The molecule has 1 amide bonds. The van der Waals surface area contributed by atoms with Gasteiger partial charge >= 0.3 is 0 Å². The summed E-state index contributed by atoms with van der Waals surface area (Å²) < 4.78 is 0. The molecule has 0 saturated carbocycles. The highest BCUT2D eigenvalue weighted by molar-refractivity contribution is 7.16. The van der Waals surface area contributed by atoms with Crippen molar-refractivity contribution in [3.63, 3.8) is 0 Å². The summed E-state index contributed by atoms with van der Waals surface area (Å²) in [4.78, 5) is 14.9. The lowest BCUT2D eigenvalue weighted by Crippen LogP contribution is -2.32. The average Bonchev–Trinajstić information content (AvgIpc) is 2.85. The van der Waals surface area contributed by atoms with E-state index in [2.05, 4.69) is 11.4 Å². The first-order valence-electron chi connectivity index (χ1n) is 6.21.